The van der Waals surface area contributed by atoms with E-state index in [1.807, 2.05) is 6.92 Å². The fourth-order valence-corrected chi connectivity index (χ4v) is 2.94. The first-order valence-corrected chi connectivity index (χ1v) is 7.41. The van der Waals surface area contributed by atoms with Gasteiger partial charge in [0, 0.05) is 16.6 Å². The lowest BCUT2D eigenvalue weighted by molar-refractivity contribution is 0.0698. The molecule has 5 nitrogen and oxygen atoms in total. The van der Waals surface area contributed by atoms with E-state index in [0.717, 1.165) is 11.3 Å². The maximum Gasteiger partial charge on any atom is 0.338 e. The highest BCUT2D eigenvalue weighted by atomic mass is 79.9. The summed E-state index contributed by atoms with van der Waals surface area (Å²) in [6, 6.07) is 4.73. The van der Waals surface area contributed by atoms with Crippen LogP contribution in [0, 0.1) is 0 Å². The van der Waals surface area contributed by atoms with Crippen LogP contribution in [-0.4, -0.2) is 22.0 Å². The number of nitrogens with zero attached hydrogens (tertiary/aromatic N) is 1. The molecule has 0 fully saturated rings. The zero-order valence-corrected chi connectivity index (χ0v) is 12.9. The van der Waals surface area contributed by atoms with E-state index in [-0.39, 0.29) is 11.5 Å². The number of aryl methyl sites for hydroxylation is 1. The van der Waals surface area contributed by atoms with E-state index < -0.39 is 5.97 Å². The number of halogens is 1. The lowest BCUT2D eigenvalue weighted by Gasteiger charge is -2.04. The number of hydrogen-bond acceptors (Lipinski definition) is 4. The Kier molecular flexibility index (Phi) is 4.51. The van der Waals surface area contributed by atoms with Gasteiger partial charge in [0.1, 0.15) is 9.60 Å². The third-order valence-corrected chi connectivity index (χ3v) is 4.21. The van der Waals surface area contributed by atoms with Gasteiger partial charge in [-0.3, -0.25) is 4.79 Å². The summed E-state index contributed by atoms with van der Waals surface area (Å²) in [4.78, 5) is 28.1. The topological polar surface area (TPSA) is 79.3 Å². The number of amides is 1. The highest BCUT2D eigenvalue weighted by molar-refractivity contribution is 9.10. The van der Waals surface area contributed by atoms with Crippen molar-refractivity contribution in [2.45, 2.75) is 13.3 Å². The van der Waals surface area contributed by atoms with Crippen molar-refractivity contribution in [3.63, 3.8) is 0 Å². The number of nitrogens with one attached hydrogen (secondary N) is 1. The lowest BCUT2D eigenvalue weighted by Crippen LogP contribution is -2.13. The number of carboxylic acid groups (broad SMARTS) is 1. The van der Waals surface area contributed by atoms with Gasteiger partial charge in [0.2, 0.25) is 0 Å². The highest BCUT2D eigenvalue weighted by Crippen LogP contribution is 2.29. The lowest BCUT2D eigenvalue weighted by atomic mass is 10.2. The van der Waals surface area contributed by atoms with Gasteiger partial charge >= 0.3 is 5.97 Å². The first-order valence-electron chi connectivity index (χ1n) is 5.80. The number of rotatable bonds is 4. The van der Waals surface area contributed by atoms with Crippen molar-refractivity contribution in [3.05, 3.63) is 45.0 Å². The Labute approximate surface area is 127 Å². The van der Waals surface area contributed by atoms with Gasteiger partial charge in [-0.25, -0.2) is 9.78 Å². The predicted octanol–water partition coefficient (Wildman–Crippen LogP) is 3.42. The fourth-order valence-electron chi connectivity index (χ4n) is 1.59. The minimum Gasteiger partial charge on any atom is -0.478 e. The SMILES string of the molecule is CCc1cc(C(=O)O)c(NC(=O)c2ccnc(Br)c2)s1. The Hall–Kier alpha value is -1.73. The first kappa shape index (κ1) is 14.7. The molecule has 0 saturated heterocycles. The fraction of sp³-hybridized carbons (Fsp3) is 0.154. The maximum atomic E-state index is 12.1. The van der Waals surface area contributed by atoms with E-state index >= 15 is 0 Å². The van der Waals surface area contributed by atoms with Crippen LogP contribution in [0.5, 0.6) is 0 Å². The quantitative estimate of drug-likeness (QED) is 0.824. The summed E-state index contributed by atoms with van der Waals surface area (Å²) in [5.41, 5.74) is 0.531. The Morgan fingerprint density at radius 1 is 1.45 bits per heavy atom. The van der Waals surface area contributed by atoms with Crippen molar-refractivity contribution in [2.24, 2.45) is 0 Å². The standard InChI is InChI=1S/C13H11BrN2O3S/c1-2-8-6-9(13(18)19)12(20-8)16-11(17)7-3-4-15-10(14)5-7/h3-6H,2H2,1H3,(H,16,17)(H,18,19). The van der Waals surface area contributed by atoms with E-state index in [4.69, 9.17) is 5.11 Å². The van der Waals surface area contributed by atoms with E-state index in [1.54, 1.807) is 18.2 Å². The van der Waals surface area contributed by atoms with Crippen LogP contribution >= 0.6 is 27.3 Å². The van der Waals surface area contributed by atoms with E-state index in [2.05, 4.69) is 26.2 Å². The van der Waals surface area contributed by atoms with E-state index in [0.29, 0.717) is 15.2 Å². The molecule has 0 unspecified atom stereocenters. The van der Waals surface area contributed by atoms with Crippen molar-refractivity contribution in [1.29, 1.82) is 0 Å². The van der Waals surface area contributed by atoms with Crippen molar-refractivity contribution in [1.82, 2.24) is 4.98 Å². The molecule has 0 aliphatic rings. The molecule has 0 aromatic carbocycles. The Balaban J connectivity index is 2.27. The van der Waals surface area contributed by atoms with Crippen LogP contribution in [0.2, 0.25) is 0 Å². The van der Waals surface area contributed by atoms with Gasteiger partial charge in [-0.15, -0.1) is 11.3 Å². The number of aromatic carboxylic acids is 1. The average molecular weight is 355 g/mol. The zero-order chi connectivity index (χ0) is 14.7. The first-order chi connectivity index (χ1) is 9.51. The van der Waals surface area contributed by atoms with Gasteiger partial charge in [-0.2, -0.15) is 0 Å². The number of carbonyl (C=O) groups excluding carboxylic acids is 1. The minimum absolute atomic E-state index is 0.119. The molecular formula is C13H11BrN2O3S. The molecule has 2 heterocycles. The van der Waals surface area contributed by atoms with Crippen LogP contribution in [0.4, 0.5) is 5.00 Å². The van der Waals surface area contributed by atoms with Gasteiger partial charge in [0.15, 0.2) is 0 Å². The summed E-state index contributed by atoms with van der Waals surface area (Å²) in [6.45, 7) is 1.93. The highest BCUT2D eigenvalue weighted by Gasteiger charge is 2.17. The van der Waals surface area contributed by atoms with Gasteiger partial charge in [-0.05, 0) is 40.5 Å². The summed E-state index contributed by atoms with van der Waals surface area (Å²) in [5, 5.41) is 12.1. The second-order valence-electron chi connectivity index (χ2n) is 3.94. The second kappa shape index (κ2) is 6.15. The Bertz CT molecular complexity index is 669. The molecule has 20 heavy (non-hydrogen) atoms. The largest absolute Gasteiger partial charge is 0.478 e. The molecule has 0 radical (unpaired) electrons. The molecule has 0 saturated carbocycles. The van der Waals surface area contributed by atoms with Crippen LogP contribution in [0.15, 0.2) is 29.0 Å². The van der Waals surface area contributed by atoms with Crippen molar-refractivity contribution >= 4 is 44.1 Å². The number of thiophene rings is 1. The normalized spacial score (nSPS) is 10.3. The van der Waals surface area contributed by atoms with Crippen molar-refractivity contribution in [3.8, 4) is 0 Å². The van der Waals surface area contributed by atoms with Crippen LogP contribution in [0.3, 0.4) is 0 Å². The molecule has 0 aliphatic heterocycles. The molecule has 0 spiro atoms. The van der Waals surface area contributed by atoms with E-state index in [1.165, 1.54) is 17.5 Å². The number of anilines is 1. The molecule has 7 heteroatoms. The van der Waals surface area contributed by atoms with Crippen molar-refractivity contribution < 1.29 is 14.7 Å². The average Bonchev–Trinajstić information content (AvgIpc) is 2.82. The summed E-state index contributed by atoms with van der Waals surface area (Å²) < 4.78 is 0.545. The Morgan fingerprint density at radius 2 is 2.20 bits per heavy atom. The van der Waals surface area contributed by atoms with Crippen LogP contribution in [0.1, 0.15) is 32.5 Å². The smallest absolute Gasteiger partial charge is 0.338 e. The van der Waals surface area contributed by atoms with Crippen LogP contribution in [-0.2, 0) is 6.42 Å². The molecule has 0 bridgehead atoms. The van der Waals surface area contributed by atoms with Gasteiger partial charge < -0.3 is 10.4 Å². The molecule has 2 N–H and O–H groups in total. The third kappa shape index (κ3) is 3.23. The molecule has 2 aromatic rings. The number of aromatic nitrogens is 1. The van der Waals surface area contributed by atoms with Crippen LogP contribution in [0.25, 0.3) is 0 Å². The predicted molar refractivity (Wildman–Crippen MR) is 80.5 cm³/mol. The second-order valence-corrected chi connectivity index (χ2v) is 5.88. The summed E-state index contributed by atoms with van der Waals surface area (Å²) in [5.74, 6) is -1.41. The third-order valence-electron chi connectivity index (χ3n) is 2.58. The summed E-state index contributed by atoms with van der Waals surface area (Å²) >= 11 is 4.46. The minimum atomic E-state index is -1.05. The molecule has 2 aromatic heterocycles. The molecule has 0 aliphatic carbocycles. The van der Waals surface area contributed by atoms with Gasteiger partial charge in [0.05, 0.1) is 5.56 Å². The molecule has 104 valence electrons. The molecule has 0 atom stereocenters. The Morgan fingerprint density at radius 3 is 2.80 bits per heavy atom. The van der Waals surface area contributed by atoms with Gasteiger partial charge in [0.25, 0.3) is 5.91 Å². The molecule has 2 rings (SSSR count). The monoisotopic (exact) mass is 354 g/mol. The summed E-state index contributed by atoms with van der Waals surface area (Å²) in [6.07, 6.45) is 2.23. The zero-order valence-electron chi connectivity index (χ0n) is 10.5. The van der Waals surface area contributed by atoms with Gasteiger partial charge in [-0.1, -0.05) is 6.92 Å². The van der Waals surface area contributed by atoms with Crippen LogP contribution < -0.4 is 5.32 Å². The van der Waals surface area contributed by atoms with Crippen molar-refractivity contribution in [2.75, 3.05) is 5.32 Å². The number of carboxylic acids is 1. The number of pyridine rings is 1. The molecule has 1 amide bonds. The molecular weight excluding hydrogens is 344 g/mol. The number of hydrogen-bond donors (Lipinski definition) is 2. The number of carbonyl (C=O) groups is 2. The van der Waals surface area contributed by atoms with E-state index in [9.17, 15) is 9.59 Å². The summed E-state index contributed by atoms with van der Waals surface area (Å²) in [7, 11) is 0. The maximum absolute atomic E-state index is 12.1.